The molecule has 2 heterocycles. The molecular formula is C21H20N2O5. The van der Waals surface area contributed by atoms with Crippen molar-refractivity contribution in [1.29, 1.82) is 0 Å². The fourth-order valence-electron chi connectivity index (χ4n) is 3.36. The number of nitrogens with zero attached hydrogens (tertiary/aromatic N) is 2. The van der Waals surface area contributed by atoms with E-state index in [9.17, 15) is 4.79 Å². The monoisotopic (exact) mass is 380 g/mol. The molecule has 0 saturated carbocycles. The van der Waals surface area contributed by atoms with Crippen molar-refractivity contribution in [3.63, 3.8) is 0 Å². The molecule has 2 aromatic carbocycles. The van der Waals surface area contributed by atoms with Gasteiger partial charge < -0.3 is 18.9 Å². The molecule has 28 heavy (non-hydrogen) atoms. The highest BCUT2D eigenvalue weighted by atomic mass is 16.5. The Morgan fingerprint density at radius 2 is 1.68 bits per heavy atom. The Hall–Kier alpha value is -3.48. The quantitative estimate of drug-likeness (QED) is 0.676. The first kappa shape index (κ1) is 17.9. The third kappa shape index (κ3) is 3.15. The van der Waals surface area contributed by atoms with E-state index in [1.54, 1.807) is 44.1 Å². The van der Waals surface area contributed by atoms with Gasteiger partial charge in [-0.15, -0.1) is 0 Å². The number of fused-ring (bicyclic) bond motifs is 3. The van der Waals surface area contributed by atoms with Gasteiger partial charge >= 0.3 is 5.69 Å². The summed E-state index contributed by atoms with van der Waals surface area (Å²) in [5.41, 5.74) is 2.37. The number of benzene rings is 2. The Morgan fingerprint density at radius 3 is 2.43 bits per heavy atom. The lowest BCUT2D eigenvalue weighted by Gasteiger charge is -2.23. The fourth-order valence-corrected chi connectivity index (χ4v) is 3.36. The summed E-state index contributed by atoms with van der Waals surface area (Å²) in [6.07, 6.45) is 0.709. The molecule has 0 spiro atoms. The van der Waals surface area contributed by atoms with Crippen molar-refractivity contribution in [1.82, 2.24) is 9.55 Å². The minimum atomic E-state index is -0.351. The van der Waals surface area contributed by atoms with Gasteiger partial charge in [-0.3, -0.25) is 4.57 Å². The third-order valence-corrected chi connectivity index (χ3v) is 4.74. The molecule has 0 radical (unpaired) electrons. The molecular weight excluding hydrogens is 360 g/mol. The normalized spacial score (nSPS) is 12.0. The summed E-state index contributed by atoms with van der Waals surface area (Å²) < 4.78 is 23.5. The number of hydrogen-bond acceptors (Lipinski definition) is 6. The van der Waals surface area contributed by atoms with Gasteiger partial charge in [-0.2, -0.15) is 4.98 Å². The maximum absolute atomic E-state index is 12.6. The maximum atomic E-state index is 12.6. The lowest BCUT2D eigenvalue weighted by molar-refractivity contribution is 0.354. The van der Waals surface area contributed by atoms with Crippen LogP contribution >= 0.6 is 0 Å². The van der Waals surface area contributed by atoms with Gasteiger partial charge in [0.2, 0.25) is 5.88 Å². The number of aryl methyl sites for hydroxylation is 1. The average Bonchev–Trinajstić information content (AvgIpc) is 2.72. The first-order valence-electron chi connectivity index (χ1n) is 8.82. The molecule has 0 N–H and O–H groups in total. The molecule has 4 rings (SSSR count). The fraction of sp³-hybridized carbons (Fsp3) is 0.238. The third-order valence-electron chi connectivity index (χ3n) is 4.74. The number of rotatable bonds is 5. The van der Waals surface area contributed by atoms with E-state index in [1.165, 1.54) is 0 Å². The zero-order valence-corrected chi connectivity index (χ0v) is 15.9. The molecule has 0 amide bonds. The summed E-state index contributed by atoms with van der Waals surface area (Å²) in [4.78, 5) is 16.7. The lowest BCUT2D eigenvalue weighted by Crippen LogP contribution is -2.28. The van der Waals surface area contributed by atoms with E-state index in [4.69, 9.17) is 18.9 Å². The van der Waals surface area contributed by atoms with E-state index in [-0.39, 0.29) is 11.6 Å². The van der Waals surface area contributed by atoms with Crippen LogP contribution in [-0.2, 0) is 13.0 Å². The highest BCUT2D eigenvalue weighted by Gasteiger charge is 2.22. The zero-order chi connectivity index (χ0) is 19.7. The summed E-state index contributed by atoms with van der Waals surface area (Å²) >= 11 is 0. The van der Waals surface area contributed by atoms with Gasteiger partial charge in [0.25, 0.3) is 0 Å². The minimum absolute atomic E-state index is 0.229. The van der Waals surface area contributed by atoms with Crippen LogP contribution in [0, 0.1) is 0 Å². The number of aromatic nitrogens is 2. The zero-order valence-electron chi connectivity index (χ0n) is 15.9. The smallest absolute Gasteiger partial charge is 0.351 e. The largest absolute Gasteiger partial charge is 0.497 e. The van der Waals surface area contributed by atoms with Crippen molar-refractivity contribution in [3.8, 4) is 40.1 Å². The van der Waals surface area contributed by atoms with Crippen LogP contribution in [0.2, 0.25) is 0 Å². The molecule has 7 nitrogen and oxygen atoms in total. The van der Waals surface area contributed by atoms with Crippen molar-refractivity contribution >= 4 is 0 Å². The number of ether oxygens (including phenoxy) is 4. The molecule has 0 aliphatic carbocycles. The summed E-state index contributed by atoms with van der Waals surface area (Å²) in [6, 6.07) is 12.7. The van der Waals surface area contributed by atoms with Gasteiger partial charge in [-0.1, -0.05) is 6.07 Å². The molecule has 0 atom stereocenters. The predicted octanol–water partition coefficient (Wildman–Crippen LogP) is 3.28. The van der Waals surface area contributed by atoms with Crippen LogP contribution in [0.3, 0.4) is 0 Å². The van der Waals surface area contributed by atoms with Crippen molar-refractivity contribution in [2.75, 3.05) is 21.3 Å². The minimum Gasteiger partial charge on any atom is -0.497 e. The van der Waals surface area contributed by atoms with Crippen LogP contribution in [-0.4, -0.2) is 30.9 Å². The second kappa shape index (κ2) is 7.26. The average molecular weight is 380 g/mol. The Kier molecular flexibility index (Phi) is 4.65. The van der Waals surface area contributed by atoms with Gasteiger partial charge in [-0.25, -0.2) is 4.79 Å². The van der Waals surface area contributed by atoms with Crippen LogP contribution in [0.5, 0.6) is 28.9 Å². The highest BCUT2D eigenvalue weighted by Crippen LogP contribution is 2.38. The molecule has 0 saturated heterocycles. The first-order valence-corrected chi connectivity index (χ1v) is 8.82. The number of hydrogen-bond donors (Lipinski definition) is 0. The van der Waals surface area contributed by atoms with Crippen molar-refractivity contribution in [2.24, 2.45) is 0 Å². The van der Waals surface area contributed by atoms with Crippen molar-refractivity contribution < 1.29 is 18.9 Å². The van der Waals surface area contributed by atoms with Gasteiger partial charge in [0.1, 0.15) is 11.5 Å². The standard InChI is InChI=1S/C21H20N2O5/c1-25-14-5-4-6-15(10-14)28-20-12-17-16-11-19(27-3)18(26-2)9-13(16)7-8-23(17)21(24)22-20/h4-6,9-12H,7-8H2,1-3H3. The van der Waals surface area contributed by atoms with Crippen molar-refractivity contribution in [3.05, 3.63) is 58.5 Å². The van der Waals surface area contributed by atoms with Gasteiger partial charge in [0, 0.05) is 24.2 Å². The maximum Gasteiger partial charge on any atom is 0.351 e. The molecule has 0 fully saturated rings. The van der Waals surface area contributed by atoms with E-state index in [2.05, 4.69) is 4.98 Å². The summed E-state index contributed by atoms with van der Waals surface area (Å²) in [5, 5.41) is 0. The van der Waals surface area contributed by atoms with E-state index in [0.717, 1.165) is 16.8 Å². The second-order valence-corrected chi connectivity index (χ2v) is 6.31. The summed E-state index contributed by atoms with van der Waals surface area (Å²) in [7, 11) is 4.78. The Labute approximate surface area is 162 Å². The summed E-state index contributed by atoms with van der Waals surface area (Å²) in [5.74, 6) is 2.70. The Bertz CT molecular complexity index is 1090. The van der Waals surface area contributed by atoms with Gasteiger partial charge in [0.15, 0.2) is 11.5 Å². The molecule has 1 aliphatic heterocycles. The molecule has 0 bridgehead atoms. The molecule has 144 valence electrons. The van der Waals surface area contributed by atoms with Crippen LogP contribution < -0.4 is 24.6 Å². The highest BCUT2D eigenvalue weighted by molar-refractivity contribution is 5.70. The molecule has 1 aliphatic rings. The molecule has 7 heteroatoms. The molecule has 3 aromatic rings. The second-order valence-electron chi connectivity index (χ2n) is 6.31. The lowest BCUT2D eigenvalue weighted by atomic mass is 9.97. The topological polar surface area (TPSA) is 71.8 Å². The van der Waals surface area contributed by atoms with Crippen molar-refractivity contribution in [2.45, 2.75) is 13.0 Å². The van der Waals surface area contributed by atoms with Gasteiger partial charge in [0.05, 0.1) is 27.0 Å². The summed E-state index contributed by atoms with van der Waals surface area (Å²) in [6.45, 7) is 0.545. The number of methoxy groups -OCH3 is 3. The van der Waals surface area contributed by atoms with Crippen LogP contribution in [0.25, 0.3) is 11.3 Å². The molecule has 1 aromatic heterocycles. The van der Waals surface area contributed by atoms with E-state index in [1.807, 2.05) is 24.3 Å². The van der Waals surface area contributed by atoms with Crippen LogP contribution in [0.15, 0.2) is 47.3 Å². The van der Waals surface area contributed by atoms with E-state index >= 15 is 0 Å². The molecule has 0 unspecified atom stereocenters. The van der Waals surface area contributed by atoms with Crippen LogP contribution in [0.4, 0.5) is 0 Å². The predicted molar refractivity (Wildman–Crippen MR) is 104 cm³/mol. The van der Waals surface area contributed by atoms with E-state index in [0.29, 0.717) is 36.0 Å². The van der Waals surface area contributed by atoms with Gasteiger partial charge in [-0.05, 0) is 36.2 Å². The Morgan fingerprint density at radius 1 is 0.929 bits per heavy atom. The van der Waals surface area contributed by atoms with E-state index < -0.39 is 0 Å². The Balaban J connectivity index is 1.79. The van der Waals surface area contributed by atoms with Crippen LogP contribution in [0.1, 0.15) is 5.56 Å². The SMILES string of the molecule is COc1cccc(Oc2cc3n(c(=O)n2)CCc2cc(OC)c(OC)cc2-3)c1. The first-order chi connectivity index (χ1) is 13.6.